The van der Waals surface area contributed by atoms with Gasteiger partial charge in [0.1, 0.15) is 0 Å². The second-order valence-electron chi connectivity index (χ2n) is 7.48. The Morgan fingerprint density at radius 2 is 1.79 bits per heavy atom. The van der Waals surface area contributed by atoms with Crippen LogP contribution in [0.25, 0.3) is 0 Å². The molecule has 0 fully saturated rings. The maximum Gasteiger partial charge on any atom is 0.216 e. The van der Waals surface area contributed by atoms with Crippen molar-refractivity contribution >= 4 is 16.0 Å². The minimum absolute atomic E-state index is 0.0394. The molecule has 0 saturated carbocycles. The van der Waals surface area contributed by atoms with Crippen LogP contribution in [-0.4, -0.2) is 47.2 Å². The number of nitrogens with one attached hydrogen (secondary N) is 3. The van der Waals surface area contributed by atoms with Crippen LogP contribution in [0.2, 0.25) is 0 Å². The lowest BCUT2D eigenvalue weighted by Crippen LogP contribution is -2.38. The maximum absolute atomic E-state index is 12.2. The summed E-state index contributed by atoms with van der Waals surface area (Å²) in [5.74, 6) is 1.19. The number of nitrogens with zero attached hydrogens (tertiary/aromatic N) is 1. The first-order valence-electron chi connectivity index (χ1n) is 9.82. The van der Waals surface area contributed by atoms with Crippen LogP contribution < -0.4 is 15.4 Å². The van der Waals surface area contributed by atoms with E-state index in [0.29, 0.717) is 25.0 Å². The van der Waals surface area contributed by atoms with E-state index in [0.717, 1.165) is 30.7 Å². The molecule has 1 rings (SSSR count). The molecule has 7 nitrogen and oxygen atoms in total. The highest BCUT2D eigenvalue weighted by molar-refractivity contribution is 7.88. The smallest absolute Gasteiger partial charge is 0.216 e. The van der Waals surface area contributed by atoms with E-state index >= 15 is 0 Å². The molecule has 0 aliphatic carbocycles. The van der Waals surface area contributed by atoms with Crippen molar-refractivity contribution in [2.75, 3.05) is 26.8 Å². The zero-order chi connectivity index (χ0) is 21.0. The molecule has 0 spiro atoms. The Labute approximate surface area is 170 Å². The highest BCUT2D eigenvalue weighted by atomic mass is 32.2. The molecule has 0 aliphatic heterocycles. The molecule has 0 bridgehead atoms. The average Bonchev–Trinajstić information content (AvgIpc) is 2.60. The molecular formula is C20H36N4O3S. The number of aliphatic imine (C=N–C) groups is 1. The van der Waals surface area contributed by atoms with Gasteiger partial charge in [0, 0.05) is 39.4 Å². The molecule has 0 heterocycles. The van der Waals surface area contributed by atoms with Crippen molar-refractivity contribution in [1.29, 1.82) is 0 Å². The quantitative estimate of drug-likeness (QED) is 0.278. The lowest BCUT2D eigenvalue weighted by molar-refractivity contribution is 0.108. The van der Waals surface area contributed by atoms with E-state index in [2.05, 4.69) is 34.2 Å². The molecule has 0 aromatic heterocycles. The third-order valence-corrected chi connectivity index (χ3v) is 5.28. The normalized spacial score (nSPS) is 12.6. The summed E-state index contributed by atoms with van der Waals surface area (Å²) in [7, 11) is -1.65. The Morgan fingerprint density at radius 3 is 2.39 bits per heavy atom. The van der Waals surface area contributed by atoms with Crippen LogP contribution in [0.5, 0.6) is 0 Å². The first-order chi connectivity index (χ1) is 13.2. The lowest BCUT2D eigenvalue weighted by atomic mass is 10.1. The Kier molecular flexibility index (Phi) is 11.1. The fourth-order valence-electron chi connectivity index (χ4n) is 2.58. The third kappa shape index (κ3) is 10.6. The van der Waals surface area contributed by atoms with E-state index in [1.807, 2.05) is 38.1 Å². The molecule has 160 valence electrons. The van der Waals surface area contributed by atoms with Gasteiger partial charge in [-0.1, -0.05) is 38.1 Å². The second-order valence-corrected chi connectivity index (χ2v) is 9.23. The van der Waals surface area contributed by atoms with Crippen molar-refractivity contribution < 1.29 is 13.2 Å². The van der Waals surface area contributed by atoms with Crippen LogP contribution >= 0.6 is 0 Å². The zero-order valence-corrected chi connectivity index (χ0v) is 18.6. The summed E-state index contributed by atoms with van der Waals surface area (Å²) < 4.78 is 32.7. The second kappa shape index (κ2) is 12.7. The Balaban J connectivity index is 2.52. The monoisotopic (exact) mass is 412 g/mol. The molecule has 0 radical (unpaired) electrons. The molecule has 0 amide bonds. The summed E-state index contributed by atoms with van der Waals surface area (Å²) in [5, 5.41) is 6.49. The fourth-order valence-corrected chi connectivity index (χ4v) is 4.07. The van der Waals surface area contributed by atoms with Gasteiger partial charge < -0.3 is 15.4 Å². The Hall–Kier alpha value is -1.64. The first-order valence-corrected chi connectivity index (χ1v) is 11.5. The SMILES string of the molecule is CN=C(NCCCOCC(C)C)NCc1ccccc1CS(=O)(=O)NC(C)C. The fraction of sp³-hybridized carbons (Fsp3) is 0.650. The van der Waals surface area contributed by atoms with Gasteiger partial charge in [-0.05, 0) is 37.3 Å². The summed E-state index contributed by atoms with van der Waals surface area (Å²) in [6.07, 6.45) is 0.892. The number of guanidine groups is 1. The van der Waals surface area contributed by atoms with Gasteiger partial charge in [-0.2, -0.15) is 0 Å². The van der Waals surface area contributed by atoms with Crippen molar-refractivity contribution in [3.05, 3.63) is 35.4 Å². The van der Waals surface area contributed by atoms with Gasteiger partial charge in [0.05, 0.1) is 5.75 Å². The van der Waals surface area contributed by atoms with Crippen molar-refractivity contribution in [2.24, 2.45) is 10.9 Å². The molecule has 8 heteroatoms. The van der Waals surface area contributed by atoms with E-state index < -0.39 is 10.0 Å². The molecular weight excluding hydrogens is 376 g/mol. The van der Waals surface area contributed by atoms with Gasteiger partial charge in [0.25, 0.3) is 0 Å². The molecule has 28 heavy (non-hydrogen) atoms. The van der Waals surface area contributed by atoms with Gasteiger partial charge in [-0.3, -0.25) is 4.99 Å². The molecule has 1 aromatic rings. The summed E-state index contributed by atoms with van der Waals surface area (Å²) in [6.45, 7) is 10.6. The van der Waals surface area contributed by atoms with Gasteiger partial charge >= 0.3 is 0 Å². The van der Waals surface area contributed by atoms with Gasteiger partial charge in [-0.15, -0.1) is 0 Å². The zero-order valence-electron chi connectivity index (χ0n) is 17.8. The number of ether oxygens (including phenoxy) is 1. The van der Waals surface area contributed by atoms with Crippen LogP contribution in [0, 0.1) is 5.92 Å². The summed E-state index contributed by atoms with van der Waals surface area (Å²) in [4.78, 5) is 4.22. The number of sulfonamides is 1. The Bertz CT molecular complexity index is 703. The van der Waals surface area contributed by atoms with Crippen molar-refractivity contribution in [3.63, 3.8) is 0 Å². The molecule has 0 saturated heterocycles. The highest BCUT2D eigenvalue weighted by Gasteiger charge is 2.15. The standard InChI is InChI=1S/C20H36N4O3S/c1-16(2)14-27-12-8-11-22-20(21-5)23-13-18-9-6-7-10-19(18)15-28(25,26)24-17(3)4/h6-7,9-10,16-17,24H,8,11-15H2,1-5H3,(H2,21,22,23). The summed E-state index contributed by atoms with van der Waals surface area (Å²) >= 11 is 0. The minimum atomic E-state index is -3.37. The number of hydrogen-bond acceptors (Lipinski definition) is 4. The van der Waals surface area contributed by atoms with Crippen LogP contribution in [-0.2, 0) is 27.1 Å². The molecule has 1 aromatic carbocycles. The molecule has 0 unspecified atom stereocenters. The minimum Gasteiger partial charge on any atom is -0.381 e. The van der Waals surface area contributed by atoms with E-state index in [-0.39, 0.29) is 11.8 Å². The van der Waals surface area contributed by atoms with Crippen LogP contribution in [0.3, 0.4) is 0 Å². The molecule has 0 aliphatic rings. The summed E-state index contributed by atoms with van der Waals surface area (Å²) in [6, 6.07) is 7.42. The molecule has 3 N–H and O–H groups in total. The lowest BCUT2D eigenvalue weighted by Gasteiger charge is -2.15. The van der Waals surface area contributed by atoms with Gasteiger partial charge in [0.15, 0.2) is 5.96 Å². The number of benzene rings is 1. The van der Waals surface area contributed by atoms with E-state index in [4.69, 9.17) is 4.74 Å². The van der Waals surface area contributed by atoms with Crippen LogP contribution in [0.4, 0.5) is 0 Å². The van der Waals surface area contributed by atoms with Crippen molar-refractivity contribution in [2.45, 2.75) is 52.5 Å². The van der Waals surface area contributed by atoms with Crippen LogP contribution in [0.1, 0.15) is 45.2 Å². The van der Waals surface area contributed by atoms with E-state index in [1.54, 1.807) is 7.05 Å². The average molecular weight is 413 g/mol. The largest absolute Gasteiger partial charge is 0.381 e. The van der Waals surface area contributed by atoms with Gasteiger partial charge in [0.2, 0.25) is 10.0 Å². The predicted molar refractivity (Wildman–Crippen MR) is 116 cm³/mol. The maximum atomic E-state index is 12.2. The predicted octanol–water partition coefficient (Wildman–Crippen LogP) is 2.24. The van der Waals surface area contributed by atoms with E-state index in [1.165, 1.54) is 0 Å². The third-order valence-electron chi connectivity index (χ3n) is 3.76. The van der Waals surface area contributed by atoms with Crippen molar-refractivity contribution in [1.82, 2.24) is 15.4 Å². The Morgan fingerprint density at radius 1 is 1.11 bits per heavy atom. The summed E-state index contributed by atoms with van der Waals surface area (Å²) in [5.41, 5.74) is 1.71. The topological polar surface area (TPSA) is 91.8 Å². The highest BCUT2D eigenvalue weighted by Crippen LogP contribution is 2.12. The first kappa shape index (κ1) is 24.4. The van der Waals surface area contributed by atoms with Crippen molar-refractivity contribution in [3.8, 4) is 0 Å². The van der Waals surface area contributed by atoms with E-state index in [9.17, 15) is 8.42 Å². The molecule has 0 atom stereocenters. The number of rotatable bonds is 12. The van der Waals surface area contributed by atoms with Crippen LogP contribution in [0.15, 0.2) is 29.3 Å². The van der Waals surface area contributed by atoms with Gasteiger partial charge in [-0.25, -0.2) is 13.1 Å². The number of hydrogen-bond donors (Lipinski definition) is 3.